The van der Waals surface area contributed by atoms with Gasteiger partial charge in [0, 0.05) is 23.5 Å². The van der Waals surface area contributed by atoms with Crippen molar-refractivity contribution in [2.45, 2.75) is 19.4 Å². The summed E-state index contributed by atoms with van der Waals surface area (Å²) in [6, 6.07) is 7.11. The van der Waals surface area contributed by atoms with Gasteiger partial charge in [-0.25, -0.2) is 4.98 Å². The Kier molecular flexibility index (Phi) is 4.27. The number of nitrogens with one attached hydrogen (secondary N) is 1. The number of nitriles is 1. The summed E-state index contributed by atoms with van der Waals surface area (Å²) in [5.41, 5.74) is -0.260. The largest absolute Gasteiger partial charge is 0.361 e. The Morgan fingerprint density at radius 3 is 3.00 bits per heavy atom. The molecule has 2 rings (SSSR count). The third-order valence-electron chi connectivity index (χ3n) is 2.70. The third-order valence-corrected chi connectivity index (χ3v) is 3.60. The van der Waals surface area contributed by atoms with Crippen LogP contribution in [0.15, 0.2) is 29.8 Å². The number of rotatable bonds is 5. The van der Waals surface area contributed by atoms with Crippen LogP contribution in [0.5, 0.6) is 0 Å². The van der Waals surface area contributed by atoms with Crippen molar-refractivity contribution in [3.63, 3.8) is 0 Å². The minimum absolute atomic E-state index is 0.0100. The van der Waals surface area contributed by atoms with Crippen LogP contribution in [0.4, 0.5) is 11.5 Å². The lowest BCUT2D eigenvalue weighted by Crippen LogP contribution is -2.19. The Morgan fingerprint density at radius 1 is 1.60 bits per heavy atom. The molecule has 0 radical (unpaired) electrons. The van der Waals surface area contributed by atoms with E-state index in [0.717, 1.165) is 6.42 Å². The number of aromatic nitrogens is 1. The Bertz CT molecular complexity index is 649. The molecule has 2 aromatic rings. The normalized spacial score (nSPS) is 11.6. The fourth-order valence-electron chi connectivity index (χ4n) is 1.85. The van der Waals surface area contributed by atoms with Crippen LogP contribution < -0.4 is 5.32 Å². The lowest BCUT2D eigenvalue weighted by atomic mass is 10.2. The minimum atomic E-state index is -0.578. The first-order chi connectivity index (χ1) is 9.61. The van der Waals surface area contributed by atoms with Gasteiger partial charge in [0.05, 0.1) is 4.92 Å². The highest BCUT2D eigenvalue weighted by Gasteiger charge is 2.22. The predicted octanol–water partition coefficient (Wildman–Crippen LogP) is 2.97. The van der Waals surface area contributed by atoms with Gasteiger partial charge in [-0.2, -0.15) is 5.26 Å². The van der Waals surface area contributed by atoms with Crippen molar-refractivity contribution in [1.82, 2.24) is 4.98 Å². The standard InChI is InChI=1S/C13H12N4O2S/c1-9(7-11-3-2-6-20-11)16-13-12(17(18)19)10(8-14)4-5-15-13/h2-6,9H,7H2,1H3,(H,15,16). The van der Waals surface area contributed by atoms with Crippen molar-refractivity contribution in [3.05, 3.63) is 50.3 Å². The van der Waals surface area contributed by atoms with E-state index in [4.69, 9.17) is 5.26 Å². The molecule has 0 aliphatic rings. The van der Waals surface area contributed by atoms with Crippen LogP contribution >= 0.6 is 11.3 Å². The van der Waals surface area contributed by atoms with Crippen LogP contribution in [0.3, 0.4) is 0 Å². The van der Waals surface area contributed by atoms with Crippen LogP contribution in [-0.2, 0) is 6.42 Å². The number of nitrogens with zero attached hydrogens (tertiary/aromatic N) is 3. The molecule has 0 aromatic carbocycles. The maximum atomic E-state index is 11.1. The van der Waals surface area contributed by atoms with Gasteiger partial charge in [0.1, 0.15) is 11.6 Å². The number of hydrogen-bond acceptors (Lipinski definition) is 6. The number of pyridine rings is 1. The smallest absolute Gasteiger partial charge is 0.328 e. The summed E-state index contributed by atoms with van der Waals surface area (Å²) in [5, 5.41) is 25.0. The average Bonchev–Trinajstić information content (AvgIpc) is 2.90. The minimum Gasteiger partial charge on any atom is -0.361 e. The topological polar surface area (TPSA) is 91.8 Å². The Balaban J connectivity index is 2.21. The summed E-state index contributed by atoms with van der Waals surface area (Å²) in [6.45, 7) is 1.92. The van der Waals surface area contributed by atoms with Gasteiger partial charge >= 0.3 is 5.69 Å². The molecule has 1 unspecified atom stereocenters. The highest BCUT2D eigenvalue weighted by atomic mass is 32.1. The highest BCUT2D eigenvalue weighted by molar-refractivity contribution is 7.09. The van der Waals surface area contributed by atoms with Crippen molar-refractivity contribution >= 4 is 22.8 Å². The van der Waals surface area contributed by atoms with E-state index >= 15 is 0 Å². The number of nitro groups is 1. The lowest BCUT2D eigenvalue weighted by Gasteiger charge is -2.13. The SMILES string of the molecule is CC(Cc1cccs1)Nc1nccc(C#N)c1[N+](=O)[O-]. The fourth-order valence-corrected chi connectivity index (χ4v) is 2.68. The summed E-state index contributed by atoms with van der Waals surface area (Å²) in [5.74, 6) is 0.137. The van der Waals surface area contributed by atoms with Crippen LogP contribution in [0.2, 0.25) is 0 Å². The summed E-state index contributed by atoms with van der Waals surface area (Å²) < 4.78 is 0. The van der Waals surface area contributed by atoms with E-state index in [9.17, 15) is 10.1 Å². The molecular formula is C13H12N4O2S. The molecule has 102 valence electrons. The third kappa shape index (κ3) is 3.10. The molecule has 0 spiro atoms. The summed E-state index contributed by atoms with van der Waals surface area (Å²) in [6.07, 6.45) is 2.14. The summed E-state index contributed by atoms with van der Waals surface area (Å²) in [4.78, 5) is 15.7. The monoisotopic (exact) mass is 288 g/mol. The lowest BCUT2D eigenvalue weighted by molar-refractivity contribution is -0.384. The summed E-state index contributed by atoms with van der Waals surface area (Å²) >= 11 is 1.63. The second-order valence-corrected chi connectivity index (χ2v) is 5.29. The van der Waals surface area contributed by atoms with Crippen LogP contribution in [-0.4, -0.2) is 15.9 Å². The molecule has 2 heterocycles. The molecule has 0 aliphatic carbocycles. The number of thiophene rings is 1. The summed E-state index contributed by atoms with van der Waals surface area (Å²) in [7, 11) is 0. The Hall–Kier alpha value is -2.46. The van der Waals surface area contributed by atoms with Crippen LogP contribution in [0, 0.1) is 21.4 Å². The predicted molar refractivity (Wildman–Crippen MR) is 76.7 cm³/mol. The number of anilines is 1. The zero-order valence-electron chi connectivity index (χ0n) is 10.7. The van der Waals surface area contributed by atoms with Gasteiger partial charge in [0.25, 0.3) is 0 Å². The van der Waals surface area contributed by atoms with Gasteiger partial charge in [-0.15, -0.1) is 11.3 Å². The highest BCUT2D eigenvalue weighted by Crippen LogP contribution is 2.26. The Morgan fingerprint density at radius 2 is 2.40 bits per heavy atom. The van der Waals surface area contributed by atoms with Crippen molar-refractivity contribution in [1.29, 1.82) is 5.26 Å². The van der Waals surface area contributed by atoms with Crippen LogP contribution in [0.25, 0.3) is 0 Å². The second-order valence-electron chi connectivity index (χ2n) is 4.25. The van der Waals surface area contributed by atoms with Crippen molar-refractivity contribution < 1.29 is 4.92 Å². The zero-order chi connectivity index (χ0) is 14.5. The second kappa shape index (κ2) is 6.12. The first-order valence-electron chi connectivity index (χ1n) is 5.94. The maximum Gasteiger partial charge on any atom is 0.328 e. The van der Waals surface area contributed by atoms with E-state index in [2.05, 4.69) is 10.3 Å². The first-order valence-corrected chi connectivity index (χ1v) is 6.82. The molecule has 0 aliphatic heterocycles. The molecule has 2 aromatic heterocycles. The average molecular weight is 288 g/mol. The first kappa shape index (κ1) is 14.0. The molecule has 6 nitrogen and oxygen atoms in total. The quantitative estimate of drug-likeness (QED) is 0.674. The molecular weight excluding hydrogens is 276 g/mol. The molecule has 1 atom stereocenters. The van der Waals surface area contributed by atoms with Gasteiger partial charge in [-0.05, 0) is 24.4 Å². The van der Waals surface area contributed by atoms with Gasteiger partial charge in [0.2, 0.25) is 5.82 Å². The van der Waals surface area contributed by atoms with Crippen molar-refractivity contribution in [2.75, 3.05) is 5.32 Å². The van der Waals surface area contributed by atoms with E-state index in [1.165, 1.54) is 17.1 Å². The van der Waals surface area contributed by atoms with Gasteiger partial charge in [-0.1, -0.05) is 6.07 Å². The van der Waals surface area contributed by atoms with E-state index in [-0.39, 0.29) is 23.1 Å². The zero-order valence-corrected chi connectivity index (χ0v) is 11.6. The molecule has 0 saturated carbocycles. The molecule has 1 N–H and O–H groups in total. The van der Waals surface area contributed by atoms with Crippen molar-refractivity contribution in [2.24, 2.45) is 0 Å². The number of hydrogen-bond donors (Lipinski definition) is 1. The molecule has 0 fully saturated rings. The van der Waals surface area contributed by atoms with Crippen molar-refractivity contribution in [3.8, 4) is 6.07 Å². The Labute approximate surface area is 119 Å². The van der Waals surface area contributed by atoms with Gasteiger partial charge < -0.3 is 5.32 Å². The van der Waals surface area contributed by atoms with Crippen LogP contribution in [0.1, 0.15) is 17.4 Å². The molecule has 7 heteroatoms. The molecule has 0 amide bonds. The molecule has 0 saturated heterocycles. The van der Waals surface area contributed by atoms with E-state index in [1.54, 1.807) is 11.3 Å². The van der Waals surface area contributed by atoms with E-state index in [0.29, 0.717) is 0 Å². The molecule has 0 bridgehead atoms. The van der Waals surface area contributed by atoms with Gasteiger partial charge in [-0.3, -0.25) is 10.1 Å². The van der Waals surface area contributed by atoms with Gasteiger partial charge in [0.15, 0.2) is 0 Å². The van der Waals surface area contributed by atoms with E-state index < -0.39 is 4.92 Å². The fraction of sp³-hybridized carbons (Fsp3) is 0.231. The van der Waals surface area contributed by atoms with E-state index in [1.807, 2.05) is 30.5 Å². The molecule has 20 heavy (non-hydrogen) atoms. The maximum absolute atomic E-state index is 11.1.